The molecule has 4 heteroatoms. The highest BCUT2D eigenvalue weighted by atomic mass is 32.1. The molecule has 0 N–H and O–H groups in total. The molecule has 0 aliphatic heterocycles. The second-order valence-electron chi connectivity index (χ2n) is 5.06. The zero-order valence-corrected chi connectivity index (χ0v) is 14.2. The van der Waals surface area contributed by atoms with Crippen LogP contribution in [0.3, 0.4) is 0 Å². The Morgan fingerprint density at radius 3 is 1.62 bits per heavy atom. The average molecular weight is 343 g/mol. The lowest BCUT2D eigenvalue weighted by molar-refractivity contribution is 1.28. The molecule has 21 heavy (non-hydrogen) atoms. The largest absolute Gasteiger partial charge is 0.143 e. The molecule has 0 saturated heterocycles. The molecule has 4 aromatic heterocycles. The zero-order chi connectivity index (χ0) is 13.8. The van der Waals surface area contributed by atoms with Crippen molar-refractivity contribution in [1.29, 1.82) is 0 Å². The average Bonchev–Trinajstić information content (AvgIpc) is 3.25. The van der Waals surface area contributed by atoms with Gasteiger partial charge in [-0.25, -0.2) is 0 Å². The Kier molecular flexibility index (Phi) is 2.73. The number of rotatable bonds is 2. The van der Waals surface area contributed by atoms with Gasteiger partial charge in [0.1, 0.15) is 0 Å². The summed E-state index contributed by atoms with van der Waals surface area (Å²) in [5.41, 5.74) is 3.03. The Hall–Kier alpha value is -1.20. The first-order valence-corrected chi connectivity index (χ1v) is 10.1. The third kappa shape index (κ3) is 1.90. The fourth-order valence-corrected chi connectivity index (χ4v) is 7.00. The SMILES string of the molecule is c1csc(-c2cc3c(s2)-c2sc(-c4cccs4)cc2C3)c1. The van der Waals surface area contributed by atoms with Gasteiger partial charge >= 0.3 is 0 Å². The summed E-state index contributed by atoms with van der Waals surface area (Å²) in [5.74, 6) is 0. The maximum absolute atomic E-state index is 2.39. The van der Waals surface area contributed by atoms with Crippen LogP contribution in [0.4, 0.5) is 0 Å². The van der Waals surface area contributed by atoms with Gasteiger partial charge in [-0.15, -0.1) is 45.3 Å². The van der Waals surface area contributed by atoms with Gasteiger partial charge in [0, 0.05) is 35.7 Å². The maximum Gasteiger partial charge on any atom is 0.0488 e. The summed E-state index contributed by atoms with van der Waals surface area (Å²) in [4.78, 5) is 8.64. The van der Waals surface area contributed by atoms with Gasteiger partial charge in [-0.3, -0.25) is 0 Å². The van der Waals surface area contributed by atoms with Crippen molar-refractivity contribution in [3.05, 3.63) is 58.3 Å². The van der Waals surface area contributed by atoms with Crippen LogP contribution in [-0.4, -0.2) is 0 Å². The molecule has 4 aromatic rings. The Morgan fingerprint density at radius 1 is 0.667 bits per heavy atom. The summed E-state index contributed by atoms with van der Waals surface area (Å²) >= 11 is 7.58. The molecular weight excluding hydrogens is 332 g/mol. The summed E-state index contributed by atoms with van der Waals surface area (Å²) in [6, 6.07) is 13.5. The van der Waals surface area contributed by atoms with Crippen molar-refractivity contribution in [2.24, 2.45) is 0 Å². The van der Waals surface area contributed by atoms with Crippen molar-refractivity contribution in [1.82, 2.24) is 0 Å². The van der Waals surface area contributed by atoms with Crippen molar-refractivity contribution in [2.75, 3.05) is 0 Å². The van der Waals surface area contributed by atoms with Gasteiger partial charge in [-0.2, -0.15) is 0 Å². The van der Waals surface area contributed by atoms with Crippen molar-refractivity contribution in [3.63, 3.8) is 0 Å². The second kappa shape index (κ2) is 4.65. The lowest BCUT2D eigenvalue weighted by Gasteiger charge is -1.91. The molecule has 0 aromatic carbocycles. The molecule has 102 valence electrons. The minimum absolute atomic E-state index is 1.11. The molecule has 1 aliphatic rings. The van der Waals surface area contributed by atoms with Crippen LogP contribution in [0.15, 0.2) is 47.2 Å². The molecule has 0 spiro atoms. The quantitative estimate of drug-likeness (QED) is 0.329. The molecule has 1 aliphatic carbocycles. The van der Waals surface area contributed by atoms with E-state index >= 15 is 0 Å². The lowest BCUT2D eigenvalue weighted by Crippen LogP contribution is -1.75. The lowest BCUT2D eigenvalue weighted by atomic mass is 10.2. The zero-order valence-electron chi connectivity index (χ0n) is 11.0. The van der Waals surface area contributed by atoms with Gasteiger partial charge in [0.05, 0.1) is 0 Å². The number of hydrogen-bond donors (Lipinski definition) is 0. The smallest absolute Gasteiger partial charge is 0.0488 e. The minimum atomic E-state index is 1.11. The molecule has 4 heterocycles. The molecule has 0 bridgehead atoms. The van der Waals surface area contributed by atoms with Crippen LogP contribution in [0.5, 0.6) is 0 Å². The van der Waals surface area contributed by atoms with Crippen LogP contribution in [0, 0.1) is 0 Å². The second-order valence-corrected chi connectivity index (χ2v) is 9.06. The van der Waals surface area contributed by atoms with E-state index in [-0.39, 0.29) is 0 Å². The van der Waals surface area contributed by atoms with Gasteiger partial charge in [0.25, 0.3) is 0 Å². The van der Waals surface area contributed by atoms with Crippen molar-refractivity contribution in [3.8, 4) is 29.3 Å². The Morgan fingerprint density at radius 2 is 1.19 bits per heavy atom. The summed E-state index contributed by atoms with van der Waals surface area (Å²) in [7, 11) is 0. The summed E-state index contributed by atoms with van der Waals surface area (Å²) in [6.45, 7) is 0. The van der Waals surface area contributed by atoms with E-state index in [0.29, 0.717) is 0 Å². The van der Waals surface area contributed by atoms with Crippen LogP contribution in [-0.2, 0) is 6.42 Å². The van der Waals surface area contributed by atoms with E-state index in [0.717, 1.165) is 6.42 Å². The topological polar surface area (TPSA) is 0 Å². The number of fused-ring (bicyclic) bond motifs is 3. The molecule has 0 saturated carbocycles. The molecule has 0 amide bonds. The van der Waals surface area contributed by atoms with Crippen LogP contribution in [0.2, 0.25) is 0 Å². The highest BCUT2D eigenvalue weighted by Gasteiger charge is 2.25. The van der Waals surface area contributed by atoms with Crippen LogP contribution >= 0.6 is 45.3 Å². The molecule has 0 nitrogen and oxygen atoms in total. The van der Waals surface area contributed by atoms with Gasteiger partial charge in [0.2, 0.25) is 0 Å². The molecule has 0 unspecified atom stereocenters. The summed E-state index contributed by atoms with van der Waals surface area (Å²) in [5, 5.41) is 4.32. The predicted octanol–water partition coefficient (Wildman–Crippen LogP) is 6.84. The van der Waals surface area contributed by atoms with Crippen molar-refractivity contribution < 1.29 is 0 Å². The molecule has 0 atom stereocenters. The van der Waals surface area contributed by atoms with Gasteiger partial charge in [-0.1, -0.05) is 12.1 Å². The van der Waals surface area contributed by atoms with E-state index < -0.39 is 0 Å². The fraction of sp³-hybridized carbons (Fsp3) is 0.0588. The predicted molar refractivity (Wildman–Crippen MR) is 97.1 cm³/mol. The molecular formula is C17H10S4. The Labute approximate surface area is 139 Å². The number of hydrogen-bond acceptors (Lipinski definition) is 4. The van der Waals surface area contributed by atoms with E-state index in [1.165, 1.54) is 40.4 Å². The molecule has 0 radical (unpaired) electrons. The van der Waals surface area contributed by atoms with E-state index in [2.05, 4.69) is 47.2 Å². The highest BCUT2D eigenvalue weighted by molar-refractivity contribution is 7.28. The van der Waals surface area contributed by atoms with Crippen molar-refractivity contribution >= 4 is 45.3 Å². The first-order chi connectivity index (χ1) is 10.4. The monoisotopic (exact) mass is 342 g/mol. The van der Waals surface area contributed by atoms with Crippen LogP contribution in [0.25, 0.3) is 29.3 Å². The highest BCUT2D eigenvalue weighted by Crippen LogP contribution is 2.51. The molecule has 5 rings (SSSR count). The Balaban J connectivity index is 1.61. The summed E-state index contributed by atoms with van der Waals surface area (Å²) < 4.78 is 0. The van der Waals surface area contributed by atoms with Crippen LogP contribution in [0.1, 0.15) is 11.1 Å². The fourth-order valence-electron chi connectivity index (χ4n) is 2.79. The van der Waals surface area contributed by atoms with Gasteiger partial charge < -0.3 is 0 Å². The maximum atomic E-state index is 2.39. The van der Waals surface area contributed by atoms with E-state index in [4.69, 9.17) is 0 Å². The first-order valence-electron chi connectivity index (χ1n) is 6.72. The van der Waals surface area contributed by atoms with E-state index in [1.807, 2.05) is 45.3 Å². The first kappa shape index (κ1) is 12.4. The Bertz CT molecular complexity index is 828. The third-order valence-electron chi connectivity index (χ3n) is 3.73. The summed E-state index contributed by atoms with van der Waals surface area (Å²) in [6.07, 6.45) is 1.11. The van der Waals surface area contributed by atoms with E-state index in [9.17, 15) is 0 Å². The van der Waals surface area contributed by atoms with E-state index in [1.54, 1.807) is 0 Å². The standard InChI is InChI=1S/C17H10S4/c1-3-12(18-5-1)14-8-10-7-11-9-15(13-4-2-6-19-13)21-17(11)16(10)20-14/h1-6,8-9H,7H2. The van der Waals surface area contributed by atoms with Gasteiger partial charge in [-0.05, 0) is 46.2 Å². The minimum Gasteiger partial charge on any atom is -0.143 e. The van der Waals surface area contributed by atoms with Crippen LogP contribution < -0.4 is 0 Å². The van der Waals surface area contributed by atoms with Gasteiger partial charge in [0.15, 0.2) is 0 Å². The van der Waals surface area contributed by atoms with Crippen molar-refractivity contribution in [2.45, 2.75) is 6.42 Å². The molecule has 0 fully saturated rings. The normalized spacial score (nSPS) is 12.6. The number of thiophene rings is 4. The third-order valence-corrected chi connectivity index (χ3v) is 8.38.